The number of rotatable bonds is 11. The first-order chi connectivity index (χ1) is 11.7. The summed E-state index contributed by atoms with van der Waals surface area (Å²) in [6, 6.07) is 6.17. The van der Waals surface area contributed by atoms with Crippen LogP contribution in [0.3, 0.4) is 0 Å². The summed E-state index contributed by atoms with van der Waals surface area (Å²) in [5, 5.41) is 6.57. The molecule has 0 saturated heterocycles. The first kappa shape index (κ1) is 23.9. The minimum atomic E-state index is 0. The van der Waals surface area contributed by atoms with Crippen LogP contribution in [0.4, 0.5) is 0 Å². The van der Waals surface area contributed by atoms with E-state index in [1.54, 1.807) is 14.2 Å². The van der Waals surface area contributed by atoms with E-state index in [1.165, 1.54) is 0 Å². The average molecular weight is 465 g/mol. The third-order valence-electron chi connectivity index (χ3n) is 3.43. The van der Waals surface area contributed by atoms with Gasteiger partial charge in [0.15, 0.2) is 5.96 Å². The van der Waals surface area contributed by atoms with Gasteiger partial charge < -0.3 is 24.8 Å². The predicted molar refractivity (Wildman–Crippen MR) is 113 cm³/mol. The number of ether oxygens (including phenoxy) is 3. The summed E-state index contributed by atoms with van der Waals surface area (Å²) in [4.78, 5) is 4.61. The van der Waals surface area contributed by atoms with Gasteiger partial charge in [-0.2, -0.15) is 0 Å². The number of hydrogen-bond donors (Lipinski definition) is 2. The van der Waals surface area contributed by atoms with E-state index < -0.39 is 0 Å². The molecule has 0 heterocycles. The molecule has 144 valence electrons. The highest BCUT2D eigenvalue weighted by Gasteiger charge is 2.01. The SMILES string of the molecule is CCNC(=NCc1ccc(C)c(OC)c1)NCCCOCCOC.I. The predicted octanol–water partition coefficient (Wildman–Crippen LogP) is 2.73. The van der Waals surface area contributed by atoms with Crippen LogP contribution in [0.2, 0.25) is 0 Å². The number of nitrogens with one attached hydrogen (secondary N) is 2. The summed E-state index contributed by atoms with van der Waals surface area (Å²) in [7, 11) is 3.36. The molecule has 1 rings (SSSR count). The van der Waals surface area contributed by atoms with E-state index in [2.05, 4.69) is 34.7 Å². The molecule has 0 radical (unpaired) electrons. The molecular formula is C18H32IN3O3. The van der Waals surface area contributed by atoms with Gasteiger partial charge in [-0.1, -0.05) is 12.1 Å². The molecule has 1 aromatic rings. The monoisotopic (exact) mass is 465 g/mol. The van der Waals surface area contributed by atoms with Crippen molar-refractivity contribution in [1.82, 2.24) is 10.6 Å². The van der Waals surface area contributed by atoms with E-state index in [1.807, 2.05) is 13.0 Å². The Balaban J connectivity index is 0.00000576. The fourth-order valence-corrected chi connectivity index (χ4v) is 2.10. The summed E-state index contributed by atoms with van der Waals surface area (Å²) in [6.45, 7) is 8.33. The third kappa shape index (κ3) is 10.5. The zero-order valence-corrected chi connectivity index (χ0v) is 18.1. The molecule has 0 aliphatic carbocycles. The summed E-state index contributed by atoms with van der Waals surface area (Å²) >= 11 is 0. The number of methoxy groups -OCH3 is 2. The van der Waals surface area contributed by atoms with Crippen molar-refractivity contribution in [3.8, 4) is 5.75 Å². The number of aliphatic imine (C=N–C) groups is 1. The van der Waals surface area contributed by atoms with Crippen molar-refractivity contribution in [3.05, 3.63) is 29.3 Å². The molecule has 0 spiro atoms. The average Bonchev–Trinajstić information content (AvgIpc) is 2.59. The largest absolute Gasteiger partial charge is 0.496 e. The summed E-state index contributed by atoms with van der Waals surface area (Å²) in [6.07, 6.45) is 0.923. The smallest absolute Gasteiger partial charge is 0.191 e. The standard InChI is InChI=1S/C18H31N3O3.HI/c1-5-19-18(20-9-6-10-24-12-11-22-3)21-14-16-8-7-15(2)17(13-16)23-4;/h7-8,13H,5-6,9-12,14H2,1-4H3,(H2,19,20,21);1H. The normalized spacial score (nSPS) is 11.0. The minimum absolute atomic E-state index is 0. The Kier molecular flexibility index (Phi) is 14.6. The molecule has 0 aromatic heterocycles. The van der Waals surface area contributed by atoms with E-state index >= 15 is 0 Å². The van der Waals surface area contributed by atoms with Gasteiger partial charge in [0.25, 0.3) is 0 Å². The van der Waals surface area contributed by atoms with Crippen LogP contribution in [0.5, 0.6) is 5.75 Å². The zero-order valence-electron chi connectivity index (χ0n) is 15.8. The molecule has 1 aromatic carbocycles. The van der Waals surface area contributed by atoms with Crippen LogP contribution in [0.25, 0.3) is 0 Å². The molecule has 0 amide bonds. The van der Waals surface area contributed by atoms with Gasteiger partial charge in [-0.25, -0.2) is 4.99 Å². The molecular weight excluding hydrogens is 433 g/mol. The van der Waals surface area contributed by atoms with Crippen molar-refractivity contribution < 1.29 is 14.2 Å². The van der Waals surface area contributed by atoms with Gasteiger partial charge in [0.2, 0.25) is 0 Å². The maximum atomic E-state index is 5.44. The first-order valence-corrected chi connectivity index (χ1v) is 8.43. The number of hydrogen-bond acceptors (Lipinski definition) is 4. The van der Waals surface area contributed by atoms with Gasteiger partial charge in [-0.15, -0.1) is 24.0 Å². The Morgan fingerprint density at radius 3 is 2.60 bits per heavy atom. The minimum Gasteiger partial charge on any atom is -0.496 e. The van der Waals surface area contributed by atoms with Gasteiger partial charge in [0, 0.05) is 26.8 Å². The molecule has 0 atom stereocenters. The number of halogens is 1. The Morgan fingerprint density at radius 2 is 1.92 bits per heavy atom. The van der Waals surface area contributed by atoms with E-state index in [9.17, 15) is 0 Å². The topological polar surface area (TPSA) is 64.1 Å². The lowest BCUT2D eigenvalue weighted by atomic mass is 10.1. The molecule has 0 aliphatic heterocycles. The molecule has 0 fully saturated rings. The van der Waals surface area contributed by atoms with Crippen molar-refractivity contribution in [2.75, 3.05) is 47.1 Å². The first-order valence-electron chi connectivity index (χ1n) is 8.43. The van der Waals surface area contributed by atoms with Gasteiger partial charge in [-0.05, 0) is 37.5 Å². The second-order valence-corrected chi connectivity index (χ2v) is 5.38. The van der Waals surface area contributed by atoms with Crippen LogP contribution in [0.1, 0.15) is 24.5 Å². The van der Waals surface area contributed by atoms with Crippen molar-refractivity contribution in [1.29, 1.82) is 0 Å². The number of nitrogens with zero attached hydrogens (tertiary/aromatic N) is 1. The highest BCUT2D eigenvalue weighted by Crippen LogP contribution is 2.19. The van der Waals surface area contributed by atoms with Crippen LogP contribution in [-0.4, -0.2) is 53.1 Å². The quantitative estimate of drug-likeness (QED) is 0.228. The number of guanidine groups is 1. The van der Waals surface area contributed by atoms with Crippen molar-refractivity contribution in [2.24, 2.45) is 4.99 Å². The second kappa shape index (κ2) is 15.2. The molecule has 0 saturated carbocycles. The van der Waals surface area contributed by atoms with E-state index in [-0.39, 0.29) is 24.0 Å². The van der Waals surface area contributed by atoms with Gasteiger partial charge in [-0.3, -0.25) is 0 Å². The lowest BCUT2D eigenvalue weighted by molar-refractivity contribution is 0.0698. The molecule has 0 aliphatic rings. The number of benzene rings is 1. The Hall–Kier alpha value is -1.06. The maximum absolute atomic E-state index is 5.44. The van der Waals surface area contributed by atoms with Gasteiger partial charge in [0.05, 0.1) is 26.9 Å². The van der Waals surface area contributed by atoms with Gasteiger partial charge >= 0.3 is 0 Å². The lowest BCUT2D eigenvalue weighted by Gasteiger charge is -2.12. The van der Waals surface area contributed by atoms with Crippen LogP contribution in [0, 0.1) is 6.92 Å². The van der Waals surface area contributed by atoms with Crippen LogP contribution in [0.15, 0.2) is 23.2 Å². The molecule has 6 nitrogen and oxygen atoms in total. The van der Waals surface area contributed by atoms with Crippen molar-refractivity contribution >= 4 is 29.9 Å². The summed E-state index contributed by atoms with van der Waals surface area (Å²) in [5.41, 5.74) is 2.25. The van der Waals surface area contributed by atoms with E-state index in [0.717, 1.165) is 42.3 Å². The Labute approximate surface area is 168 Å². The fraction of sp³-hybridized carbons (Fsp3) is 0.611. The van der Waals surface area contributed by atoms with Crippen molar-refractivity contribution in [2.45, 2.75) is 26.8 Å². The highest BCUT2D eigenvalue weighted by molar-refractivity contribution is 14.0. The molecule has 2 N–H and O–H groups in total. The maximum Gasteiger partial charge on any atom is 0.191 e. The summed E-state index contributed by atoms with van der Waals surface area (Å²) in [5.74, 6) is 1.71. The second-order valence-electron chi connectivity index (χ2n) is 5.38. The molecule has 25 heavy (non-hydrogen) atoms. The van der Waals surface area contributed by atoms with E-state index in [0.29, 0.717) is 26.4 Å². The fourth-order valence-electron chi connectivity index (χ4n) is 2.10. The van der Waals surface area contributed by atoms with Crippen LogP contribution in [-0.2, 0) is 16.0 Å². The highest BCUT2D eigenvalue weighted by atomic mass is 127. The van der Waals surface area contributed by atoms with Crippen LogP contribution < -0.4 is 15.4 Å². The number of aryl methyl sites for hydroxylation is 1. The molecule has 0 bridgehead atoms. The van der Waals surface area contributed by atoms with Crippen molar-refractivity contribution in [3.63, 3.8) is 0 Å². The molecule has 7 heteroatoms. The van der Waals surface area contributed by atoms with Crippen LogP contribution >= 0.6 is 24.0 Å². The van der Waals surface area contributed by atoms with E-state index in [4.69, 9.17) is 14.2 Å². The lowest BCUT2D eigenvalue weighted by Crippen LogP contribution is -2.38. The molecule has 0 unspecified atom stereocenters. The van der Waals surface area contributed by atoms with Gasteiger partial charge in [0.1, 0.15) is 5.75 Å². The Bertz CT molecular complexity index is 498. The third-order valence-corrected chi connectivity index (χ3v) is 3.43. The Morgan fingerprint density at radius 1 is 1.12 bits per heavy atom. The summed E-state index contributed by atoms with van der Waals surface area (Å²) < 4.78 is 15.7. The zero-order chi connectivity index (χ0) is 17.6.